The van der Waals surface area contributed by atoms with Crippen molar-refractivity contribution in [2.24, 2.45) is 5.92 Å². The summed E-state index contributed by atoms with van der Waals surface area (Å²) in [7, 11) is -3.46. The summed E-state index contributed by atoms with van der Waals surface area (Å²) in [6.45, 7) is 5.00. The van der Waals surface area contributed by atoms with Crippen molar-refractivity contribution in [1.29, 1.82) is 0 Å². The van der Waals surface area contributed by atoms with Crippen molar-refractivity contribution in [1.82, 2.24) is 13.9 Å². The van der Waals surface area contributed by atoms with Gasteiger partial charge in [0, 0.05) is 38.8 Å². The van der Waals surface area contributed by atoms with Crippen LogP contribution in [0.15, 0.2) is 24.3 Å². The normalized spacial score (nSPS) is 21.9. The molecule has 0 aromatic heterocycles. The zero-order valence-electron chi connectivity index (χ0n) is 16.1. The molecule has 0 aliphatic carbocycles. The number of rotatable bonds is 5. The summed E-state index contributed by atoms with van der Waals surface area (Å²) in [6.07, 6.45) is -1.26. The van der Waals surface area contributed by atoms with Gasteiger partial charge < -0.3 is 0 Å². The molecule has 2 aliphatic heterocycles. The SMILES string of the molecule is CC1CCN(S(=O)(=O)NC2CCN(Cc3cccc(C(F)(F)F)c3)CC2)CC1. The molecule has 2 aliphatic rings. The smallest absolute Gasteiger partial charge is 0.299 e. The minimum Gasteiger partial charge on any atom is -0.299 e. The summed E-state index contributed by atoms with van der Waals surface area (Å²) in [5.41, 5.74) is -0.0141. The van der Waals surface area contributed by atoms with Gasteiger partial charge in [-0.2, -0.15) is 30.6 Å². The lowest BCUT2D eigenvalue weighted by molar-refractivity contribution is -0.137. The number of nitrogens with one attached hydrogen (secondary N) is 1. The third kappa shape index (κ3) is 5.68. The van der Waals surface area contributed by atoms with Crippen LogP contribution in [0.2, 0.25) is 0 Å². The molecule has 158 valence electrons. The fraction of sp³-hybridized carbons (Fsp3) is 0.684. The first-order valence-corrected chi connectivity index (χ1v) is 11.2. The Morgan fingerprint density at radius 2 is 1.71 bits per heavy atom. The number of likely N-dealkylation sites (tertiary alicyclic amines) is 1. The second-order valence-electron chi connectivity index (χ2n) is 7.95. The van der Waals surface area contributed by atoms with Crippen molar-refractivity contribution in [3.8, 4) is 0 Å². The number of piperidine rings is 2. The highest BCUT2D eigenvalue weighted by molar-refractivity contribution is 7.87. The Kier molecular flexibility index (Phi) is 6.69. The second kappa shape index (κ2) is 8.69. The maximum absolute atomic E-state index is 12.8. The molecule has 1 aromatic carbocycles. The second-order valence-corrected chi connectivity index (χ2v) is 9.66. The molecule has 0 amide bonds. The van der Waals surface area contributed by atoms with Gasteiger partial charge in [-0.3, -0.25) is 4.90 Å². The van der Waals surface area contributed by atoms with Gasteiger partial charge in [0.25, 0.3) is 10.2 Å². The number of nitrogens with zero attached hydrogens (tertiary/aromatic N) is 2. The third-order valence-corrected chi connectivity index (χ3v) is 7.32. The van der Waals surface area contributed by atoms with E-state index < -0.39 is 21.9 Å². The molecule has 2 saturated heterocycles. The average molecular weight is 420 g/mol. The van der Waals surface area contributed by atoms with Crippen LogP contribution >= 0.6 is 0 Å². The van der Waals surface area contributed by atoms with Gasteiger partial charge in [0.1, 0.15) is 0 Å². The minimum absolute atomic E-state index is 0.123. The van der Waals surface area contributed by atoms with Gasteiger partial charge in [-0.15, -0.1) is 0 Å². The highest BCUT2D eigenvalue weighted by atomic mass is 32.2. The average Bonchev–Trinajstić information content (AvgIpc) is 2.63. The molecule has 1 aromatic rings. The quantitative estimate of drug-likeness (QED) is 0.797. The Balaban J connectivity index is 1.49. The summed E-state index contributed by atoms with van der Waals surface area (Å²) >= 11 is 0. The standard InChI is InChI=1S/C19H28F3N3O2S/c1-15-5-11-25(12-6-15)28(26,27)23-18-7-9-24(10-8-18)14-16-3-2-4-17(13-16)19(20,21)22/h2-4,13,15,18,23H,5-12,14H2,1H3. The lowest BCUT2D eigenvalue weighted by atomic mass is 10.0. The van der Waals surface area contributed by atoms with Crippen LogP contribution in [0, 0.1) is 5.92 Å². The lowest BCUT2D eigenvalue weighted by Gasteiger charge is -2.35. The molecule has 9 heteroatoms. The molecule has 2 fully saturated rings. The van der Waals surface area contributed by atoms with E-state index in [4.69, 9.17) is 0 Å². The van der Waals surface area contributed by atoms with Crippen molar-refractivity contribution >= 4 is 10.2 Å². The van der Waals surface area contributed by atoms with Crippen LogP contribution in [-0.2, 0) is 22.9 Å². The maximum atomic E-state index is 12.8. The Bertz CT molecular complexity index is 754. The van der Waals surface area contributed by atoms with E-state index in [-0.39, 0.29) is 6.04 Å². The van der Waals surface area contributed by atoms with E-state index in [0.717, 1.165) is 18.9 Å². The van der Waals surface area contributed by atoms with E-state index in [9.17, 15) is 21.6 Å². The molecule has 0 radical (unpaired) electrons. The van der Waals surface area contributed by atoms with Crippen LogP contribution in [0.1, 0.15) is 43.7 Å². The van der Waals surface area contributed by atoms with Crippen LogP contribution in [0.5, 0.6) is 0 Å². The van der Waals surface area contributed by atoms with E-state index in [2.05, 4.69) is 16.5 Å². The van der Waals surface area contributed by atoms with Crippen molar-refractivity contribution in [2.45, 2.75) is 51.4 Å². The monoisotopic (exact) mass is 419 g/mol. The molecular formula is C19H28F3N3O2S. The molecule has 28 heavy (non-hydrogen) atoms. The number of hydrogen-bond acceptors (Lipinski definition) is 3. The molecule has 0 spiro atoms. The van der Waals surface area contributed by atoms with Gasteiger partial charge in [-0.05, 0) is 43.2 Å². The van der Waals surface area contributed by atoms with Crippen molar-refractivity contribution in [3.05, 3.63) is 35.4 Å². The predicted molar refractivity (Wildman–Crippen MR) is 102 cm³/mol. The Hall–Kier alpha value is -1.16. The largest absolute Gasteiger partial charge is 0.416 e. The Morgan fingerprint density at radius 3 is 2.32 bits per heavy atom. The van der Waals surface area contributed by atoms with E-state index in [1.807, 2.05) is 0 Å². The Morgan fingerprint density at radius 1 is 1.07 bits per heavy atom. The van der Waals surface area contributed by atoms with Crippen LogP contribution in [-0.4, -0.2) is 49.8 Å². The van der Waals surface area contributed by atoms with Gasteiger partial charge in [0.15, 0.2) is 0 Å². The van der Waals surface area contributed by atoms with Gasteiger partial charge >= 0.3 is 6.18 Å². The van der Waals surface area contributed by atoms with Crippen LogP contribution in [0.25, 0.3) is 0 Å². The first-order valence-electron chi connectivity index (χ1n) is 9.79. The van der Waals surface area contributed by atoms with E-state index in [0.29, 0.717) is 57.0 Å². The molecule has 0 atom stereocenters. The maximum Gasteiger partial charge on any atom is 0.416 e. The molecular weight excluding hydrogens is 391 g/mol. The first kappa shape index (κ1) is 21.5. The van der Waals surface area contributed by atoms with Crippen LogP contribution in [0.4, 0.5) is 13.2 Å². The third-order valence-electron chi connectivity index (χ3n) is 5.65. The molecule has 0 unspecified atom stereocenters. The first-order chi connectivity index (χ1) is 13.1. The number of benzene rings is 1. The van der Waals surface area contributed by atoms with Crippen molar-refractivity contribution in [3.63, 3.8) is 0 Å². The number of hydrogen-bond donors (Lipinski definition) is 1. The predicted octanol–water partition coefficient (Wildman–Crippen LogP) is 3.24. The molecule has 0 saturated carbocycles. The highest BCUT2D eigenvalue weighted by Crippen LogP contribution is 2.30. The molecule has 5 nitrogen and oxygen atoms in total. The number of halogens is 3. The van der Waals surface area contributed by atoms with Crippen molar-refractivity contribution in [2.75, 3.05) is 26.2 Å². The highest BCUT2D eigenvalue weighted by Gasteiger charge is 2.32. The van der Waals surface area contributed by atoms with Crippen molar-refractivity contribution < 1.29 is 21.6 Å². The number of alkyl halides is 3. The van der Waals surface area contributed by atoms with E-state index in [1.165, 1.54) is 16.4 Å². The molecule has 1 N–H and O–H groups in total. The van der Waals surface area contributed by atoms with E-state index >= 15 is 0 Å². The van der Waals surface area contributed by atoms with Crippen LogP contribution in [0.3, 0.4) is 0 Å². The summed E-state index contributed by atoms with van der Waals surface area (Å²) in [6, 6.07) is 5.26. The van der Waals surface area contributed by atoms with E-state index in [1.54, 1.807) is 6.07 Å². The fourth-order valence-electron chi connectivity index (χ4n) is 3.82. The summed E-state index contributed by atoms with van der Waals surface area (Å²) in [4.78, 5) is 2.07. The van der Waals surface area contributed by atoms with Gasteiger partial charge in [-0.1, -0.05) is 25.1 Å². The fourth-order valence-corrected chi connectivity index (χ4v) is 5.32. The minimum atomic E-state index is -4.34. The van der Waals surface area contributed by atoms with Crippen LogP contribution < -0.4 is 4.72 Å². The lowest BCUT2D eigenvalue weighted by Crippen LogP contribution is -2.51. The molecule has 2 heterocycles. The summed E-state index contributed by atoms with van der Waals surface area (Å²) in [5, 5.41) is 0. The summed E-state index contributed by atoms with van der Waals surface area (Å²) < 4.78 is 68.0. The zero-order chi connectivity index (χ0) is 20.4. The molecule has 3 rings (SSSR count). The molecule has 0 bridgehead atoms. The van der Waals surface area contributed by atoms with Gasteiger partial charge in [0.2, 0.25) is 0 Å². The zero-order valence-corrected chi connectivity index (χ0v) is 16.9. The van der Waals surface area contributed by atoms with Gasteiger partial charge in [-0.25, -0.2) is 0 Å². The Labute approximate surface area is 165 Å². The summed E-state index contributed by atoms with van der Waals surface area (Å²) in [5.74, 6) is 0.561. The topological polar surface area (TPSA) is 52.7 Å². The van der Waals surface area contributed by atoms with Gasteiger partial charge in [0.05, 0.1) is 5.56 Å².